The molecule has 0 atom stereocenters. The van der Waals surface area contributed by atoms with Crippen LogP contribution in [0.4, 0.5) is 17.1 Å². The van der Waals surface area contributed by atoms with Crippen molar-refractivity contribution in [3.63, 3.8) is 0 Å². The molecule has 0 bridgehead atoms. The van der Waals surface area contributed by atoms with Crippen LogP contribution in [0.5, 0.6) is 0 Å². The maximum absolute atomic E-state index is 2.54. The van der Waals surface area contributed by atoms with Crippen molar-refractivity contribution in [2.45, 2.75) is 77.0 Å². The van der Waals surface area contributed by atoms with Crippen molar-refractivity contribution in [2.75, 3.05) is 4.90 Å². The molecule has 1 spiro atoms. The number of para-hydroxylation sites is 1. The van der Waals surface area contributed by atoms with Gasteiger partial charge in [0.1, 0.15) is 0 Å². The van der Waals surface area contributed by atoms with Crippen LogP contribution in [0.25, 0.3) is 44.5 Å². The first-order chi connectivity index (χ1) is 29.3. The van der Waals surface area contributed by atoms with Crippen LogP contribution in [0.1, 0.15) is 99.9 Å². The Labute approximate surface area is 362 Å². The summed E-state index contributed by atoms with van der Waals surface area (Å²) in [5, 5.41) is 0. The van der Waals surface area contributed by atoms with Crippen molar-refractivity contribution in [2.24, 2.45) is 0 Å². The Hall–Kier alpha value is -6.44. The van der Waals surface area contributed by atoms with E-state index < -0.39 is 5.41 Å². The third-order valence-electron chi connectivity index (χ3n) is 14.1. The lowest BCUT2D eigenvalue weighted by Crippen LogP contribution is -2.26. The summed E-state index contributed by atoms with van der Waals surface area (Å²) < 4.78 is 0. The van der Waals surface area contributed by atoms with Crippen molar-refractivity contribution in [3.8, 4) is 44.5 Å². The zero-order valence-corrected chi connectivity index (χ0v) is 36.7. The van der Waals surface area contributed by atoms with Gasteiger partial charge in [0, 0.05) is 22.4 Å². The number of rotatable bonds is 4. The second-order valence-electron chi connectivity index (χ2n) is 20.1. The van der Waals surface area contributed by atoms with E-state index in [0.717, 1.165) is 17.1 Å². The molecule has 0 aromatic heterocycles. The Bertz CT molecular complexity index is 3010. The summed E-state index contributed by atoms with van der Waals surface area (Å²) in [5.74, 6) is 0. The SMILES string of the molecule is CC(C)(C)c1cc2c(c(C(C)(C)C)c1)C(C)(C)c1cc(N(c3ccc4c(c3)C3(c5ccccc5-c5ccccc53)c3ccccc3-4)c3ccccc3-c3ccccc3)ccc1-2. The fourth-order valence-electron chi connectivity index (χ4n) is 11.3. The molecule has 0 unspecified atom stereocenters. The number of hydrogen-bond acceptors (Lipinski definition) is 1. The van der Waals surface area contributed by atoms with Gasteiger partial charge in [-0.25, -0.2) is 0 Å². The molecule has 0 fully saturated rings. The van der Waals surface area contributed by atoms with Crippen molar-refractivity contribution in [1.29, 1.82) is 0 Å². The highest BCUT2D eigenvalue weighted by Crippen LogP contribution is 2.64. The predicted octanol–water partition coefficient (Wildman–Crippen LogP) is 16.1. The van der Waals surface area contributed by atoms with Crippen LogP contribution >= 0.6 is 0 Å². The minimum atomic E-state index is -0.435. The van der Waals surface area contributed by atoms with Crippen LogP contribution in [-0.2, 0) is 21.7 Å². The monoisotopic (exact) mass is 787 g/mol. The highest BCUT2D eigenvalue weighted by atomic mass is 15.1. The summed E-state index contributed by atoms with van der Waals surface area (Å²) in [7, 11) is 0. The van der Waals surface area contributed by atoms with Crippen molar-refractivity contribution < 1.29 is 0 Å². The first-order valence-electron chi connectivity index (χ1n) is 22.0. The molecule has 0 saturated heterocycles. The Morgan fingerprint density at radius 1 is 0.377 bits per heavy atom. The van der Waals surface area contributed by atoms with E-state index in [4.69, 9.17) is 0 Å². The average molecular weight is 788 g/mol. The first-order valence-corrected chi connectivity index (χ1v) is 22.0. The van der Waals surface area contributed by atoms with E-state index in [2.05, 4.69) is 236 Å². The van der Waals surface area contributed by atoms with Gasteiger partial charge in [0.15, 0.2) is 0 Å². The van der Waals surface area contributed by atoms with Crippen LogP contribution in [0.3, 0.4) is 0 Å². The topological polar surface area (TPSA) is 3.24 Å². The number of anilines is 3. The van der Waals surface area contributed by atoms with Gasteiger partial charge in [0.05, 0.1) is 11.1 Å². The molecule has 3 aliphatic rings. The average Bonchev–Trinajstić information content (AvgIpc) is 3.81. The molecular weight excluding hydrogens is 735 g/mol. The van der Waals surface area contributed by atoms with Gasteiger partial charge < -0.3 is 4.90 Å². The Balaban J connectivity index is 1.18. The summed E-state index contributed by atoms with van der Waals surface area (Å²) in [6.45, 7) is 19.0. The zero-order chi connectivity index (χ0) is 42.1. The first kappa shape index (κ1) is 37.6. The molecule has 298 valence electrons. The van der Waals surface area contributed by atoms with Crippen LogP contribution in [0.15, 0.2) is 176 Å². The highest BCUT2D eigenvalue weighted by Gasteiger charge is 2.52. The molecule has 0 radical (unpaired) electrons. The molecule has 1 nitrogen and oxygen atoms in total. The van der Waals surface area contributed by atoms with Gasteiger partial charge in [0.25, 0.3) is 0 Å². The van der Waals surface area contributed by atoms with Crippen molar-refractivity contribution >= 4 is 17.1 Å². The molecule has 0 saturated carbocycles. The van der Waals surface area contributed by atoms with E-state index in [9.17, 15) is 0 Å². The van der Waals surface area contributed by atoms with E-state index >= 15 is 0 Å². The minimum Gasteiger partial charge on any atom is -0.310 e. The summed E-state index contributed by atoms with van der Waals surface area (Å²) in [5.41, 5.74) is 24.3. The molecule has 11 rings (SSSR count). The Morgan fingerprint density at radius 3 is 1.38 bits per heavy atom. The fourth-order valence-corrected chi connectivity index (χ4v) is 11.3. The van der Waals surface area contributed by atoms with E-state index in [0.29, 0.717) is 0 Å². The predicted molar refractivity (Wildman–Crippen MR) is 258 cm³/mol. The van der Waals surface area contributed by atoms with E-state index in [1.165, 1.54) is 89.0 Å². The van der Waals surface area contributed by atoms with Gasteiger partial charge >= 0.3 is 0 Å². The molecule has 3 aliphatic carbocycles. The van der Waals surface area contributed by atoms with E-state index in [1.54, 1.807) is 0 Å². The van der Waals surface area contributed by atoms with Gasteiger partial charge in [-0.05, 0) is 125 Å². The Morgan fingerprint density at radius 2 is 0.836 bits per heavy atom. The third-order valence-corrected chi connectivity index (χ3v) is 14.1. The largest absolute Gasteiger partial charge is 0.310 e. The highest BCUT2D eigenvalue weighted by molar-refractivity contribution is 5.97. The lowest BCUT2D eigenvalue weighted by atomic mass is 9.70. The number of benzene rings is 8. The molecular formula is C60H53N. The number of hydrogen-bond donors (Lipinski definition) is 0. The summed E-state index contributed by atoms with van der Waals surface area (Å²) >= 11 is 0. The molecule has 1 heteroatoms. The van der Waals surface area contributed by atoms with E-state index in [-0.39, 0.29) is 16.2 Å². The number of fused-ring (bicyclic) bond motifs is 13. The maximum atomic E-state index is 2.54. The van der Waals surface area contributed by atoms with Crippen molar-refractivity contribution in [1.82, 2.24) is 0 Å². The van der Waals surface area contributed by atoms with Gasteiger partial charge in [0.2, 0.25) is 0 Å². The third kappa shape index (κ3) is 5.32. The summed E-state index contributed by atoms with van der Waals surface area (Å²) in [6.07, 6.45) is 0. The summed E-state index contributed by atoms with van der Waals surface area (Å²) in [4.78, 5) is 2.54. The number of nitrogens with zero attached hydrogens (tertiary/aromatic N) is 1. The van der Waals surface area contributed by atoms with Gasteiger partial charge in [-0.15, -0.1) is 0 Å². The zero-order valence-electron chi connectivity index (χ0n) is 36.7. The molecule has 0 aliphatic heterocycles. The van der Waals surface area contributed by atoms with Crippen LogP contribution in [0, 0.1) is 0 Å². The summed E-state index contributed by atoms with van der Waals surface area (Å²) in [6, 6.07) is 66.7. The quantitative estimate of drug-likeness (QED) is 0.172. The standard InChI is InChI=1S/C60H53N/c1-57(2,3)39-34-48-47-33-31-40(36-52(47)59(7,8)56(48)54(35-39)58(4,5)6)61(55-29-19-15-22-42(55)38-20-10-9-11-21-38)41-30-32-46-45-25-14-18-28-51(45)60(53(46)37-41)49-26-16-12-23-43(49)44-24-13-17-27-50(44)60/h9-37H,1-8H3. The lowest BCUT2D eigenvalue weighted by Gasteiger charge is -2.34. The molecule has 61 heavy (non-hydrogen) atoms. The van der Waals surface area contributed by atoms with Crippen LogP contribution in [-0.4, -0.2) is 0 Å². The maximum Gasteiger partial charge on any atom is 0.0726 e. The van der Waals surface area contributed by atoms with Gasteiger partial charge in [-0.2, -0.15) is 0 Å². The molecule has 0 amide bonds. The second-order valence-corrected chi connectivity index (χ2v) is 20.1. The Kier molecular flexibility index (Phi) is 8.02. The van der Waals surface area contributed by atoms with Crippen molar-refractivity contribution in [3.05, 3.63) is 220 Å². The van der Waals surface area contributed by atoms with Gasteiger partial charge in [-0.1, -0.05) is 201 Å². The van der Waals surface area contributed by atoms with Crippen LogP contribution in [0.2, 0.25) is 0 Å². The lowest BCUT2D eigenvalue weighted by molar-refractivity contribution is 0.545. The normalized spacial score (nSPS) is 14.8. The molecule has 0 heterocycles. The molecule has 0 N–H and O–H groups in total. The fraction of sp³-hybridized carbons (Fsp3) is 0.200. The van der Waals surface area contributed by atoms with Gasteiger partial charge in [-0.3, -0.25) is 0 Å². The smallest absolute Gasteiger partial charge is 0.0726 e. The second kappa shape index (κ2) is 13.0. The molecule has 8 aromatic carbocycles. The minimum absolute atomic E-state index is 0.0103. The van der Waals surface area contributed by atoms with E-state index in [1.807, 2.05) is 0 Å². The molecule has 8 aromatic rings. The van der Waals surface area contributed by atoms with Crippen LogP contribution < -0.4 is 4.90 Å².